The zero-order valence-electron chi connectivity index (χ0n) is 10.4. The second-order valence-electron chi connectivity index (χ2n) is 4.55. The fourth-order valence-corrected chi connectivity index (χ4v) is 2.25. The smallest absolute Gasteiger partial charge is 0.320 e. The quantitative estimate of drug-likeness (QED) is 0.755. The minimum atomic E-state index is -0.964. The first-order chi connectivity index (χ1) is 8.63. The molecule has 96 valence electrons. The molecule has 4 nitrogen and oxygen atoms in total. The van der Waals surface area contributed by atoms with E-state index in [4.69, 9.17) is 10.8 Å². The van der Waals surface area contributed by atoms with Crippen molar-refractivity contribution in [1.29, 1.82) is 0 Å². The number of nitrogens with one attached hydrogen (secondary N) is 1. The number of fused-ring (bicyclic) bond motifs is 1. The first-order valence-corrected chi connectivity index (χ1v) is 6.19. The van der Waals surface area contributed by atoms with E-state index in [-0.39, 0.29) is 0 Å². The molecule has 4 N–H and O–H groups in total. The Morgan fingerprint density at radius 3 is 2.89 bits per heavy atom. The number of aliphatic carboxylic acids is 1. The highest BCUT2D eigenvalue weighted by atomic mass is 16.4. The van der Waals surface area contributed by atoms with Gasteiger partial charge in [0.1, 0.15) is 6.04 Å². The molecule has 0 aliphatic carbocycles. The first kappa shape index (κ1) is 12.6. The molecule has 0 amide bonds. The molecule has 0 bridgehead atoms. The number of para-hydroxylation sites is 1. The molecule has 0 fully saturated rings. The maximum absolute atomic E-state index is 10.8. The molecular formula is C14H18N2O2. The van der Waals surface area contributed by atoms with Gasteiger partial charge < -0.3 is 15.8 Å². The van der Waals surface area contributed by atoms with Crippen LogP contribution in [-0.2, 0) is 17.6 Å². The Morgan fingerprint density at radius 2 is 2.22 bits per heavy atom. The Kier molecular flexibility index (Phi) is 3.67. The van der Waals surface area contributed by atoms with Crippen molar-refractivity contribution in [2.24, 2.45) is 5.73 Å². The SMILES string of the molecule is CCCc1cccc2c(C[C@H](N)C(=O)O)c[nH]c12. The van der Waals surface area contributed by atoms with Gasteiger partial charge in [-0.3, -0.25) is 4.79 Å². The summed E-state index contributed by atoms with van der Waals surface area (Å²) >= 11 is 0. The third-order valence-corrected chi connectivity index (χ3v) is 3.16. The average Bonchev–Trinajstić information content (AvgIpc) is 2.74. The predicted octanol–water partition coefficient (Wildman–Crippen LogP) is 2.07. The van der Waals surface area contributed by atoms with Gasteiger partial charge in [-0.1, -0.05) is 31.5 Å². The number of aromatic nitrogens is 1. The molecule has 4 heteroatoms. The van der Waals surface area contributed by atoms with Gasteiger partial charge >= 0.3 is 5.97 Å². The van der Waals surface area contributed by atoms with Gasteiger partial charge in [0.05, 0.1) is 0 Å². The molecule has 2 rings (SSSR count). The lowest BCUT2D eigenvalue weighted by Crippen LogP contribution is -2.32. The predicted molar refractivity (Wildman–Crippen MR) is 71.6 cm³/mol. The van der Waals surface area contributed by atoms with Crippen LogP contribution in [0.25, 0.3) is 10.9 Å². The fraction of sp³-hybridized carbons (Fsp3) is 0.357. The van der Waals surface area contributed by atoms with Gasteiger partial charge in [0.15, 0.2) is 0 Å². The van der Waals surface area contributed by atoms with E-state index in [1.165, 1.54) is 5.56 Å². The van der Waals surface area contributed by atoms with Gasteiger partial charge in [-0.2, -0.15) is 0 Å². The Labute approximate surface area is 106 Å². The molecule has 1 atom stereocenters. The van der Waals surface area contributed by atoms with E-state index < -0.39 is 12.0 Å². The molecule has 0 spiro atoms. The summed E-state index contributed by atoms with van der Waals surface area (Å²) in [7, 11) is 0. The summed E-state index contributed by atoms with van der Waals surface area (Å²) in [6.07, 6.45) is 4.32. The molecule has 1 aromatic heterocycles. The van der Waals surface area contributed by atoms with Crippen molar-refractivity contribution in [1.82, 2.24) is 4.98 Å². The molecule has 1 heterocycles. The number of carbonyl (C=O) groups is 1. The van der Waals surface area contributed by atoms with Crippen LogP contribution in [0, 0.1) is 0 Å². The molecule has 2 aromatic rings. The van der Waals surface area contributed by atoms with E-state index in [1.54, 1.807) is 0 Å². The molecule has 0 saturated heterocycles. The van der Waals surface area contributed by atoms with Gasteiger partial charge in [0, 0.05) is 23.5 Å². The minimum Gasteiger partial charge on any atom is -0.480 e. The van der Waals surface area contributed by atoms with E-state index in [1.807, 2.05) is 18.3 Å². The lowest BCUT2D eigenvalue weighted by atomic mass is 10.0. The summed E-state index contributed by atoms with van der Waals surface area (Å²) in [4.78, 5) is 14.0. The maximum Gasteiger partial charge on any atom is 0.320 e. The Hall–Kier alpha value is -1.81. The van der Waals surface area contributed by atoms with Crippen molar-refractivity contribution < 1.29 is 9.90 Å². The highest BCUT2D eigenvalue weighted by Crippen LogP contribution is 2.23. The van der Waals surface area contributed by atoms with Crippen LogP contribution < -0.4 is 5.73 Å². The number of H-pyrrole nitrogens is 1. The first-order valence-electron chi connectivity index (χ1n) is 6.19. The van der Waals surface area contributed by atoms with Crippen molar-refractivity contribution in [3.05, 3.63) is 35.5 Å². The summed E-state index contributed by atoms with van der Waals surface area (Å²) < 4.78 is 0. The summed E-state index contributed by atoms with van der Waals surface area (Å²) in [5.41, 5.74) is 8.92. The lowest BCUT2D eigenvalue weighted by Gasteiger charge is -2.05. The van der Waals surface area contributed by atoms with Gasteiger partial charge in [-0.05, 0) is 17.5 Å². The zero-order valence-corrected chi connectivity index (χ0v) is 10.4. The van der Waals surface area contributed by atoms with E-state index in [0.29, 0.717) is 6.42 Å². The van der Waals surface area contributed by atoms with Crippen molar-refractivity contribution in [2.45, 2.75) is 32.2 Å². The topological polar surface area (TPSA) is 79.1 Å². The fourth-order valence-electron chi connectivity index (χ4n) is 2.25. The second-order valence-corrected chi connectivity index (χ2v) is 4.55. The number of aromatic amines is 1. The van der Waals surface area contributed by atoms with Crippen LogP contribution in [-0.4, -0.2) is 22.1 Å². The maximum atomic E-state index is 10.8. The highest BCUT2D eigenvalue weighted by molar-refractivity contribution is 5.87. The molecule has 0 saturated carbocycles. The van der Waals surface area contributed by atoms with Crippen molar-refractivity contribution in [2.75, 3.05) is 0 Å². The highest BCUT2D eigenvalue weighted by Gasteiger charge is 2.15. The minimum absolute atomic E-state index is 0.352. The molecule has 0 radical (unpaired) electrons. The van der Waals surface area contributed by atoms with Crippen LogP contribution in [0.2, 0.25) is 0 Å². The Balaban J connectivity index is 2.36. The van der Waals surface area contributed by atoms with Gasteiger partial charge in [-0.15, -0.1) is 0 Å². The van der Waals surface area contributed by atoms with Gasteiger partial charge in [-0.25, -0.2) is 0 Å². The molecule has 18 heavy (non-hydrogen) atoms. The van der Waals surface area contributed by atoms with Crippen molar-refractivity contribution in [3.63, 3.8) is 0 Å². The van der Waals surface area contributed by atoms with Crippen LogP contribution in [0.4, 0.5) is 0 Å². The number of rotatable bonds is 5. The Bertz CT molecular complexity index is 560. The zero-order chi connectivity index (χ0) is 13.1. The number of hydrogen-bond acceptors (Lipinski definition) is 2. The van der Waals surface area contributed by atoms with E-state index in [9.17, 15) is 4.79 Å². The number of benzene rings is 1. The van der Waals surface area contributed by atoms with Crippen LogP contribution in [0.15, 0.2) is 24.4 Å². The molecular weight excluding hydrogens is 228 g/mol. The normalized spacial score (nSPS) is 12.8. The monoisotopic (exact) mass is 246 g/mol. The van der Waals surface area contributed by atoms with Crippen molar-refractivity contribution in [3.8, 4) is 0 Å². The third-order valence-electron chi connectivity index (χ3n) is 3.16. The standard InChI is InChI=1S/C14H18N2O2/c1-2-4-9-5-3-6-11-10(8-16-13(9)11)7-12(15)14(17)18/h3,5-6,8,12,16H,2,4,7,15H2,1H3,(H,17,18)/t12-/m0/s1. The second kappa shape index (κ2) is 5.23. The van der Waals surface area contributed by atoms with E-state index in [2.05, 4.69) is 18.0 Å². The molecule has 0 unspecified atom stereocenters. The lowest BCUT2D eigenvalue weighted by molar-refractivity contribution is -0.138. The Morgan fingerprint density at radius 1 is 1.44 bits per heavy atom. The van der Waals surface area contributed by atoms with Crippen LogP contribution in [0.1, 0.15) is 24.5 Å². The summed E-state index contributed by atoms with van der Waals surface area (Å²) in [5.74, 6) is -0.964. The van der Waals surface area contributed by atoms with Crippen LogP contribution >= 0.6 is 0 Å². The number of carboxylic acids is 1. The summed E-state index contributed by atoms with van der Waals surface area (Å²) in [6, 6.07) is 5.27. The van der Waals surface area contributed by atoms with Gasteiger partial charge in [0.25, 0.3) is 0 Å². The largest absolute Gasteiger partial charge is 0.480 e. The number of hydrogen-bond donors (Lipinski definition) is 3. The van der Waals surface area contributed by atoms with E-state index >= 15 is 0 Å². The van der Waals surface area contributed by atoms with E-state index in [0.717, 1.165) is 29.3 Å². The third kappa shape index (κ3) is 2.38. The molecule has 0 aliphatic rings. The van der Waals surface area contributed by atoms with Crippen LogP contribution in [0.5, 0.6) is 0 Å². The van der Waals surface area contributed by atoms with Gasteiger partial charge in [0.2, 0.25) is 0 Å². The number of aryl methyl sites for hydroxylation is 1. The van der Waals surface area contributed by atoms with Crippen molar-refractivity contribution >= 4 is 16.9 Å². The number of carboxylic acid groups (broad SMARTS) is 1. The summed E-state index contributed by atoms with van der Waals surface area (Å²) in [5, 5.41) is 9.94. The average molecular weight is 246 g/mol. The number of nitrogens with two attached hydrogens (primary N) is 1. The summed E-state index contributed by atoms with van der Waals surface area (Å²) in [6.45, 7) is 2.14. The molecule has 0 aliphatic heterocycles. The molecule has 1 aromatic carbocycles. The van der Waals surface area contributed by atoms with Crippen LogP contribution in [0.3, 0.4) is 0 Å².